The Bertz CT molecular complexity index is 1010. The summed E-state index contributed by atoms with van der Waals surface area (Å²) in [7, 11) is 0. The van der Waals surface area contributed by atoms with Gasteiger partial charge in [0, 0.05) is 12.0 Å². The fourth-order valence-corrected chi connectivity index (χ4v) is 3.86. The van der Waals surface area contributed by atoms with Crippen molar-refractivity contribution in [1.82, 2.24) is 5.01 Å². The molecule has 140 valence electrons. The van der Waals surface area contributed by atoms with Gasteiger partial charge in [0.05, 0.1) is 12.3 Å². The van der Waals surface area contributed by atoms with Gasteiger partial charge in [-0.3, -0.25) is 4.79 Å². The Hall–Kier alpha value is -3.25. The first kappa shape index (κ1) is 18.1. The van der Waals surface area contributed by atoms with Gasteiger partial charge in [0.2, 0.25) is 0 Å². The summed E-state index contributed by atoms with van der Waals surface area (Å²) in [6.07, 6.45) is 0.687. The number of hydrogen-bond acceptors (Lipinski definition) is 5. The van der Waals surface area contributed by atoms with E-state index in [0.29, 0.717) is 17.8 Å². The van der Waals surface area contributed by atoms with Gasteiger partial charge >= 0.3 is 5.97 Å². The van der Waals surface area contributed by atoms with Crippen molar-refractivity contribution in [3.8, 4) is 11.1 Å². The van der Waals surface area contributed by atoms with Crippen LogP contribution in [0, 0.1) is 0 Å². The smallest absolute Gasteiger partial charge is 0.349 e. The molecule has 1 aromatic heterocycles. The zero-order chi connectivity index (χ0) is 19.3. The van der Waals surface area contributed by atoms with Gasteiger partial charge in [0.25, 0.3) is 5.91 Å². The van der Waals surface area contributed by atoms with Gasteiger partial charge in [-0.25, -0.2) is 9.80 Å². The molecule has 3 aromatic rings. The van der Waals surface area contributed by atoms with Crippen molar-refractivity contribution in [2.75, 3.05) is 13.2 Å². The van der Waals surface area contributed by atoms with Crippen LogP contribution in [0.1, 0.15) is 21.7 Å². The number of hydrogen-bond donors (Lipinski definition) is 0. The van der Waals surface area contributed by atoms with Crippen LogP contribution in [0.15, 0.2) is 77.2 Å². The summed E-state index contributed by atoms with van der Waals surface area (Å²) in [6.45, 7) is 0.172. The minimum absolute atomic E-state index is 0.322. The molecular weight excluding hydrogens is 372 g/mol. The number of benzene rings is 2. The molecule has 0 unspecified atom stereocenters. The van der Waals surface area contributed by atoms with Gasteiger partial charge in [-0.05, 0) is 22.6 Å². The molecule has 0 saturated carbocycles. The normalized spacial score (nSPS) is 13.3. The first-order chi connectivity index (χ1) is 13.7. The molecule has 28 heavy (non-hydrogen) atoms. The van der Waals surface area contributed by atoms with Gasteiger partial charge < -0.3 is 4.74 Å². The van der Waals surface area contributed by atoms with Gasteiger partial charge in [-0.15, -0.1) is 11.3 Å². The predicted octanol–water partition coefficient (Wildman–Crippen LogP) is 4.21. The minimum Gasteiger partial charge on any atom is -0.451 e. The molecule has 0 N–H and O–H groups in total. The fraction of sp³-hybridized carbons (Fsp3) is 0.136. The largest absolute Gasteiger partial charge is 0.451 e. The third kappa shape index (κ3) is 3.87. The van der Waals surface area contributed by atoms with Crippen molar-refractivity contribution >= 4 is 28.9 Å². The molecule has 0 atom stereocenters. The number of carbonyl (C=O) groups excluding carboxylic acids is 2. The lowest BCUT2D eigenvalue weighted by molar-refractivity contribution is -0.134. The Morgan fingerprint density at radius 2 is 1.64 bits per heavy atom. The van der Waals surface area contributed by atoms with E-state index in [2.05, 4.69) is 5.10 Å². The molecule has 1 aliphatic rings. The van der Waals surface area contributed by atoms with E-state index in [1.54, 1.807) is 0 Å². The highest BCUT2D eigenvalue weighted by atomic mass is 32.1. The van der Waals surface area contributed by atoms with Crippen LogP contribution in [-0.4, -0.2) is 35.7 Å². The summed E-state index contributed by atoms with van der Waals surface area (Å²) in [5.41, 5.74) is 3.62. The Morgan fingerprint density at radius 3 is 2.36 bits per heavy atom. The summed E-state index contributed by atoms with van der Waals surface area (Å²) in [6, 6.07) is 21.3. The second kappa shape index (κ2) is 8.19. The molecule has 2 heterocycles. The number of hydrazone groups is 1. The third-order valence-corrected chi connectivity index (χ3v) is 5.35. The Labute approximate surface area is 166 Å². The second-order valence-electron chi connectivity index (χ2n) is 6.29. The van der Waals surface area contributed by atoms with Crippen molar-refractivity contribution in [3.63, 3.8) is 0 Å². The number of amides is 1. The maximum atomic E-state index is 12.5. The van der Waals surface area contributed by atoms with Gasteiger partial charge in [-0.1, -0.05) is 60.7 Å². The third-order valence-electron chi connectivity index (χ3n) is 4.46. The first-order valence-corrected chi connectivity index (χ1v) is 9.83. The molecule has 1 aliphatic heterocycles. The molecule has 0 radical (unpaired) electrons. The highest BCUT2D eigenvalue weighted by Crippen LogP contribution is 2.28. The highest BCUT2D eigenvalue weighted by Gasteiger charge is 2.23. The van der Waals surface area contributed by atoms with Crippen LogP contribution in [0.4, 0.5) is 0 Å². The molecular formula is C22H18N2O3S. The maximum absolute atomic E-state index is 12.5. The van der Waals surface area contributed by atoms with E-state index in [9.17, 15) is 9.59 Å². The number of rotatable bonds is 5. The van der Waals surface area contributed by atoms with E-state index in [4.69, 9.17) is 4.74 Å². The fourth-order valence-electron chi connectivity index (χ4n) is 3.05. The average Bonchev–Trinajstić information content (AvgIpc) is 3.43. The number of thiophene rings is 1. The van der Waals surface area contributed by atoms with Crippen LogP contribution < -0.4 is 0 Å². The lowest BCUT2D eigenvalue weighted by Crippen LogP contribution is -2.28. The van der Waals surface area contributed by atoms with Crippen molar-refractivity contribution in [3.05, 3.63) is 82.6 Å². The molecule has 1 amide bonds. The van der Waals surface area contributed by atoms with Gasteiger partial charge in [0.1, 0.15) is 4.88 Å². The van der Waals surface area contributed by atoms with Crippen LogP contribution in [0.2, 0.25) is 0 Å². The van der Waals surface area contributed by atoms with E-state index in [-0.39, 0.29) is 12.5 Å². The van der Waals surface area contributed by atoms with Crippen molar-refractivity contribution in [2.45, 2.75) is 6.42 Å². The van der Waals surface area contributed by atoms with E-state index in [1.807, 2.05) is 72.1 Å². The van der Waals surface area contributed by atoms with E-state index in [1.165, 1.54) is 16.3 Å². The zero-order valence-corrected chi connectivity index (χ0v) is 15.9. The quantitative estimate of drug-likeness (QED) is 0.613. The minimum atomic E-state index is -0.492. The molecule has 2 aromatic carbocycles. The number of ether oxygens (including phenoxy) is 1. The van der Waals surface area contributed by atoms with E-state index in [0.717, 1.165) is 22.4 Å². The molecule has 0 bridgehead atoms. The van der Waals surface area contributed by atoms with Crippen LogP contribution in [0.5, 0.6) is 0 Å². The lowest BCUT2D eigenvalue weighted by Gasteiger charge is -2.11. The van der Waals surface area contributed by atoms with Gasteiger partial charge in [-0.2, -0.15) is 5.10 Å². The van der Waals surface area contributed by atoms with Crippen LogP contribution in [-0.2, 0) is 9.53 Å². The number of carbonyl (C=O) groups is 2. The van der Waals surface area contributed by atoms with Crippen LogP contribution in [0.3, 0.4) is 0 Å². The predicted molar refractivity (Wildman–Crippen MR) is 109 cm³/mol. The highest BCUT2D eigenvalue weighted by molar-refractivity contribution is 7.12. The van der Waals surface area contributed by atoms with Crippen molar-refractivity contribution in [2.24, 2.45) is 5.10 Å². The van der Waals surface area contributed by atoms with Crippen molar-refractivity contribution < 1.29 is 14.3 Å². The summed E-state index contributed by atoms with van der Waals surface area (Å²) in [4.78, 5) is 25.4. The molecule has 0 fully saturated rings. The molecule has 0 saturated heterocycles. The Balaban J connectivity index is 1.39. The number of esters is 1. The Morgan fingerprint density at radius 1 is 0.964 bits per heavy atom. The second-order valence-corrected chi connectivity index (χ2v) is 7.20. The summed E-state index contributed by atoms with van der Waals surface area (Å²) in [5, 5.41) is 7.60. The zero-order valence-electron chi connectivity index (χ0n) is 15.1. The topological polar surface area (TPSA) is 59.0 Å². The molecule has 6 heteroatoms. The maximum Gasteiger partial charge on any atom is 0.349 e. The molecule has 5 nitrogen and oxygen atoms in total. The molecule has 0 aliphatic carbocycles. The monoisotopic (exact) mass is 390 g/mol. The van der Waals surface area contributed by atoms with Gasteiger partial charge in [0.15, 0.2) is 6.61 Å². The molecule has 4 rings (SSSR count). The summed E-state index contributed by atoms with van der Waals surface area (Å²) in [5.74, 6) is -0.814. The van der Waals surface area contributed by atoms with E-state index < -0.39 is 5.97 Å². The summed E-state index contributed by atoms with van der Waals surface area (Å²) < 4.78 is 5.27. The van der Waals surface area contributed by atoms with Crippen LogP contribution in [0.25, 0.3) is 11.1 Å². The lowest BCUT2D eigenvalue weighted by atomic mass is 10.1. The van der Waals surface area contributed by atoms with Crippen molar-refractivity contribution in [1.29, 1.82) is 0 Å². The molecule has 0 spiro atoms. The summed E-state index contributed by atoms with van der Waals surface area (Å²) >= 11 is 1.31. The van der Waals surface area contributed by atoms with Crippen LogP contribution >= 0.6 is 11.3 Å². The average molecular weight is 390 g/mol. The number of nitrogens with zero attached hydrogens (tertiary/aromatic N) is 2. The standard InChI is InChI=1S/C22H18N2O3S/c25-20(24-13-11-19(23-24)17-9-5-2-6-10-17)15-27-22(26)21-18(12-14-28-21)16-7-3-1-4-8-16/h1-10,12,14H,11,13,15H2. The first-order valence-electron chi connectivity index (χ1n) is 8.95. The Kier molecular flexibility index (Phi) is 5.30. The van der Waals surface area contributed by atoms with E-state index >= 15 is 0 Å². The SMILES string of the molecule is O=C(OCC(=O)N1CCC(c2ccccc2)=N1)c1sccc1-c1ccccc1.